The summed E-state index contributed by atoms with van der Waals surface area (Å²) in [6.45, 7) is 0. The number of nitrogens with zero attached hydrogens (tertiary/aromatic N) is 1. The van der Waals surface area contributed by atoms with E-state index in [-0.39, 0.29) is 17.2 Å². The number of hydrogen-bond acceptors (Lipinski definition) is 3. The van der Waals surface area contributed by atoms with Crippen molar-refractivity contribution in [3.63, 3.8) is 0 Å². The Hall–Kier alpha value is -1.16. The van der Waals surface area contributed by atoms with Gasteiger partial charge in [-0.15, -0.1) is 11.8 Å². The molecule has 0 aliphatic carbocycles. The van der Waals surface area contributed by atoms with E-state index in [0.717, 1.165) is 11.3 Å². The van der Waals surface area contributed by atoms with Crippen LogP contribution in [0.15, 0.2) is 24.3 Å². The van der Waals surface area contributed by atoms with Gasteiger partial charge in [0.2, 0.25) is 5.91 Å². The van der Waals surface area contributed by atoms with Gasteiger partial charge in [-0.1, -0.05) is 18.2 Å². The predicted octanol–water partition coefficient (Wildman–Crippen LogP) is 1.39. The first-order chi connectivity index (χ1) is 7.16. The molecule has 0 saturated heterocycles. The molecular weight excluding hydrogens is 208 g/mol. The average Bonchev–Trinajstić information content (AvgIpc) is 2.52. The van der Waals surface area contributed by atoms with Crippen LogP contribution in [-0.4, -0.2) is 24.6 Å². The number of likely N-dealkylation sites (N-methyl/N-ethyl adjacent to an activating group) is 1. The average molecular weight is 222 g/mol. The van der Waals surface area contributed by atoms with Gasteiger partial charge in [-0.2, -0.15) is 0 Å². The van der Waals surface area contributed by atoms with E-state index in [2.05, 4.69) is 4.90 Å². The molecule has 1 aromatic carbocycles. The lowest BCUT2D eigenvalue weighted by molar-refractivity contribution is -0.119. The molecule has 0 fully saturated rings. The minimum absolute atomic E-state index is 0.125. The van der Waals surface area contributed by atoms with E-state index in [1.165, 1.54) is 0 Å². The smallest absolute Gasteiger partial charge is 0.228 e. The van der Waals surface area contributed by atoms with Gasteiger partial charge in [0.15, 0.2) is 0 Å². The highest BCUT2D eigenvalue weighted by molar-refractivity contribution is 7.99. The second kappa shape index (κ2) is 3.77. The highest BCUT2D eigenvalue weighted by atomic mass is 32.2. The largest absolute Gasteiger partial charge is 0.369 e. The summed E-state index contributed by atoms with van der Waals surface area (Å²) in [5.74, 6) is -0.438. The van der Waals surface area contributed by atoms with Crippen LogP contribution in [0.4, 0.5) is 5.69 Å². The van der Waals surface area contributed by atoms with Gasteiger partial charge < -0.3 is 10.6 Å². The van der Waals surface area contributed by atoms with Crippen LogP contribution in [0.5, 0.6) is 0 Å². The number of benzene rings is 1. The molecule has 0 aromatic heterocycles. The number of rotatable bonds is 2. The number of carbonyl (C=O) groups excluding carboxylic acids is 1. The number of thioether (sulfide) groups is 1. The van der Waals surface area contributed by atoms with Gasteiger partial charge in [0.25, 0.3) is 0 Å². The fraction of sp³-hybridized carbons (Fsp3) is 0.364. The van der Waals surface area contributed by atoms with E-state index in [1.54, 1.807) is 11.8 Å². The van der Waals surface area contributed by atoms with Crippen molar-refractivity contribution >= 4 is 23.4 Å². The zero-order chi connectivity index (χ0) is 11.0. The van der Waals surface area contributed by atoms with Gasteiger partial charge in [-0.25, -0.2) is 0 Å². The van der Waals surface area contributed by atoms with Crippen molar-refractivity contribution in [1.29, 1.82) is 0 Å². The standard InChI is InChI=1S/C11H14N2OS/c1-13-8-6-4-3-5-7(8)9(10(12)14)11(13)15-2/h3-6,9,11H,1-2H3,(H2,12,14). The number of nitrogens with two attached hydrogens (primary N) is 1. The summed E-state index contributed by atoms with van der Waals surface area (Å²) in [6.07, 6.45) is 2.00. The first-order valence-corrected chi connectivity index (χ1v) is 6.09. The maximum absolute atomic E-state index is 11.5. The lowest BCUT2D eigenvalue weighted by Crippen LogP contribution is -2.34. The van der Waals surface area contributed by atoms with E-state index < -0.39 is 0 Å². The molecule has 1 heterocycles. The first kappa shape index (κ1) is 10.4. The molecule has 1 amide bonds. The number of hydrogen-bond donors (Lipinski definition) is 1. The summed E-state index contributed by atoms with van der Waals surface area (Å²) < 4.78 is 0. The van der Waals surface area contributed by atoms with Gasteiger partial charge in [-0.3, -0.25) is 4.79 Å². The van der Waals surface area contributed by atoms with Crippen LogP contribution in [-0.2, 0) is 4.79 Å². The van der Waals surface area contributed by atoms with Gasteiger partial charge in [0.1, 0.15) is 0 Å². The minimum atomic E-state index is -0.244. The van der Waals surface area contributed by atoms with Gasteiger partial charge in [-0.05, 0) is 17.9 Å². The number of primary amides is 1. The Kier molecular flexibility index (Phi) is 2.61. The Balaban J connectivity index is 2.50. The summed E-state index contributed by atoms with van der Waals surface area (Å²) >= 11 is 1.66. The molecule has 2 atom stereocenters. The lowest BCUT2D eigenvalue weighted by Gasteiger charge is -2.23. The SMILES string of the molecule is CSC1C(C(N)=O)c2ccccc2N1C. The van der Waals surface area contributed by atoms with Crippen LogP contribution in [0, 0.1) is 0 Å². The van der Waals surface area contributed by atoms with Crippen LogP contribution < -0.4 is 10.6 Å². The second-order valence-electron chi connectivity index (χ2n) is 3.68. The van der Waals surface area contributed by atoms with E-state index in [9.17, 15) is 4.79 Å². The molecule has 2 rings (SSSR count). The molecule has 1 aromatic rings. The second-order valence-corrected chi connectivity index (χ2v) is 4.63. The molecule has 15 heavy (non-hydrogen) atoms. The van der Waals surface area contributed by atoms with Crippen molar-refractivity contribution < 1.29 is 4.79 Å². The van der Waals surface area contributed by atoms with Crippen LogP contribution in [0.1, 0.15) is 11.5 Å². The molecule has 80 valence electrons. The zero-order valence-electron chi connectivity index (χ0n) is 8.81. The van der Waals surface area contributed by atoms with Crippen molar-refractivity contribution in [2.45, 2.75) is 11.3 Å². The van der Waals surface area contributed by atoms with Crippen LogP contribution >= 0.6 is 11.8 Å². The minimum Gasteiger partial charge on any atom is -0.369 e. The molecule has 0 saturated carbocycles. The van der Waals surface area contributed by atoms with Gasteiger partial charge in [0.05, 0.1) is 11.3 Å². The molecule has 3 nitrogen and oxygen atoms in total. The zero-order valence-corrected chi connectivity index (χ0v) is 9.62. The van der Waals surface area contributed by atoms with Crippen molar-refractivity contribution in [1.82, 2.24) is 0 Å². The van der Waals surface area contributed by atoms with Crippen molar-refractivity contribution in [2.24, 2.45) is 5.73 Å². The topological polar surface area (TPSA) is 46.3 Å². The summed E-state index contributed by atoms with van der Waals surface area (Å²) in [7, 11) is 2.00. The van der Waals surface area contributed by atoms with Crippen molar-refractivity contribution in [3.05, 3.63) is 29.8 Å². The number of carbonyl (C=O) groups is 1. The fourth-order valence-electron chi connectivity index (χ4n) is 2.17. The predicted molar refractivity (Wildman–Crippen MR) is 64.1 cm³/mol. The number of fused-ring (bicyclic) bond motifs is 1. The molecule has 2 unspecified atom stereocenters. The number of para-hydroxylation sites is 1. The molecule has 1 aliphatic heterocycles. The summed E-state index contributed by atoms with van der Waals surface area (Å²) in [6, 6.07) is 7.94. The van der Waals surface area contributed by atoms with Gasteiger partial charge in [0, 0.05) is 12.7 Å². The van der Waals surface area contributed by atoms with Crippen LogP contribution in [0.3, 0.4) is 0 Å². The van der Waals surface area contributed by atoms with E-state index in [1.807, 2.05) is 37.6 Å². The highest BCUT2D eigenvalue weighted by Gasteiger charge is 2.39. The van der Waals surface area contributed by atoms with Crippen LogP contribution in [0.2, 0.25) is 0 Å². The third-order valence-corrected chi connectivity index (χ3v) is 3.94. The third kappa shape index (κ3) is 1.49. The maximum Gasteiger partial charge on any atom is 0.228 e. The Morgan fingerprint density at radius 2 is 2.13 bits per heavy atom. The van der Waals surface area contributed by atoms with Crippen molar-refractivity contribution in [3.8, 4) is 0 Å². The molecule has 4 heteroatoms. The number of amides is 1. The van der Waals surface area contributed by atoms with E-state index in [4.69, 9.17) is 5.73 Å². The molecule has 1 aliphatic rings. The van der Waals surface area contributed by atoms with Gasteiger partial charge >= 0.3 is 0 Å². The Labute approximate surface area is 93.6 Å². The molecular formula is C11H14N2OS. The first-order valence-electron chi connectivity index (χ1n) is 4.80. The normalized spacial score (nSPS) is 24.0. The molecule has 0 bridgehead atoms. The highest BCUT2D eigenvalue weighted by Crippen LogP contribution is 2.43. The van der Waals surface area contributed by atoms with Crippen molar-refractivity contribution in [2.75, 3.05) is 18.2 Å². The summed E-state index contributed by atoms with van der Waals surface area (Å²) in [4.78, 5) is 13.6. The Morgan fingerprint density at radius 3 is 2.73 bits per heavy atom. The number of anilines is 1. The molecule has 0 radical (unpaired) electrons. The Morgan fingerprint density at radius 1 is 1.47 bits per heavy atom. The van der Waals surface area contributed by atoms with E-state index in [0.29, 0.717) is 0 Å². The Bertz CT molecular complexity index is 394. The van der Waals surface area contributed by atoms with E-state index >= 15 is 0 Å². The quantitative estimate of drug-likeness (QED) is 0.822. The molecule has 2 N–H and O–H groups in total. The third-order valence-electron chi connectivity index (χ3n) is 2.87. The summed E-state index contributed by atoms with van der Waals surface area (Å²) in [5, 5.41) is 0.125. The maximum atomic E-state index is 11.5. The lowest BCUT2D eigenvalue weighted by atomic mass is 10.0. The monoisotopic (exact) mass is 222 g/mol. The fourth-order valence-corrected chi connectivity index (χ4v) is 3.16. The summed E-state index contributed by atoms with van der Waals surface area (Å²) in [5.41, 5.74) is 7.62. The molecule has 0 spiro atoms. The van der Waals surface area contributed by atoms with Crippen LogP contribution in [0.25, 0.3) is 0 Å².